The summed E-state index contributed by atoms with van der Waals surface area (Å²) >= 11 is 0. The number of hydrogen-bond acceptors (Lipinski definition) is 5. The maximum atomic E-state index is 12.8. The van der Waals surface area contributed by atoms with E-state index in [0.29, 0.717) is 11.1 Å². The number of carboxylic acid groups (broad SMARTS) is 2. The predicted molar refractivity (Wildman–Crippen MR) is 87.0 cm³/mol. The van der Waals surface area contributed by atoms with Crippen LogP contribution in [0.4, 0.5) is 4.79 Å². The summed E-state index contributed by atoms with van der Waals surface area (Å²) in [5.41, 5.74) is 1.37. The first-order valence-electron chi connectivity index (χ1n) is 8.06. The minimum atomic E-state index is -1.63. The molecule has 1 aliphatic heterocycles. The van der Waals surface area contributed by atoms with Gasteiger partial charge in [-0.05, 0) is 11.1 Å². The van der Waals surface area contributed by atoms with Crippen molar-refractivity contribution in [3.63, 3.8) is 0 Å². The molecule has 0 unspecified atom stereocenters. The van der Waals surface area contributed by atoms with Gasteiger partial charge in [-0.2, -0.15) is 0 Å². The lowest BCUT2D eigenvalue weighted by atomic mass is 10.1. The number of amides is 2. The maximum Gasteiger partial charge on any atom is 0.321 e. The molecule has 2 atom stereocenters. The van der Waals surface area contributed by atoms with E-state index >= 15 is 0 Å². The molecule has 1 heterocycles. The van der Waals surface area contributed by atoms with Crippen LogP contribution in [0, 0.1) is 0 Å². The third kappa shape index (κ3) is 3.37. The van der Waals surface area contributed by atoms with E-state index in [0.717, 1.165) is 9.80 Å². The van der Waals surface area contributed by atoms with Crippen LogP contribution in [0.3, 0.4) is 0 Å². The van der Waals surface area contributed by atoms with Crippen molar-refractivity contribution in [1.82, 2.24) is 9.80 Å². The summed E-state index contributed by atoms with van der Waals surface area (Å²) in [7, 11) is 0. The van der Waals surface area contributed by atoms with E-state index in [1.807, 2.05) is 0 Å². The zero-order valence-corrected chi connectivity index (χ0v) is 13.8. The van der Waals surface area contributed by atoms with E-state index in [1.165, 1.54) is 0 Å². The van der Waals surface area contributed by atoms with Gasteiger partial charge in [0.1, 0.15) is 0 Å². The van der Waals surface area contributed by atoms with Gasteiger partial charge in [-0.25, -0.2) is 4.79 Å². The first-order valence-corrected chi connectivity index (χ1v) is 8.06. The molecule has 0 N–H and O–H groups in total. The summed E-state index contributed by atoms with van der Waals surface area (Å²) in [6, 6.07) is 13.6. The lowest BCUT2D eigenvalue weighted by molar-refractivity contribution is -0.322. The van der Waals surface area contributed by atoms with E-state index in [4.69, 9.17) is 0 Å². The second-order valence-corrected chi connectivity index (χ2v) is 6.04. The normalized spacial score (nSPS) is 19.6. The van der Waals surface area contributed by atoms with Crippen molar-refractivity contribution in [3.8, 4) is 0 Å². The lowest BCUT2D eigenvalue weighted by Crippen LogP contribution is -2.56. The Balaban J connectivity index is 1.94. The fraction of sp³-hybridized carbons (Fsp3) is 0.211. The molecular weight excluding hydrogens is 336 g/mol. The Kier molecular flexibility index (Phi) is 4.88. The smallest absolute Gasteiger partial charge is 0.321 e. The molecule has 2 aromatic carbocycles. The minimum Gasteiger partial charge on any atom is -0.548 e. The van der Waals surface area contributed by atoms with Crippen molar-refractivity contribution in [3.05, 3.63) is 71.8 Å². The van der Waals surface area contributed by atoms with Gasteiger partial charge in [0.05, 0.1) is 24.0 Å². The topological polar surface area (TPSA) is 104 Å². The van der Waals surface area contributed by atoms with E-state index < -0.39 is 30.1 Å². The SMILES string of the molecule is O=C([O-])[C@@H]1[C@H](C(=O)[O-])N(Cc2ccccc2)C(=O)N1Cc1ccccc1. The molecule has 134 valence electrons. The van der Waals surface area contributed by atoms with Crippen LogP contribution in [0.2, 0.25) is 0 Å². The molecule has 2 aromatic rings. The van der Waals surface area contributed by atoms with Gasteiger partial charge in [0.2, 0.25) is 0 Å². The summed E-state index contributed by atoms with van der Waals surface area (Å²) in [6.07, 6.45) is 0. The molecule has 0 aromatic heterocycles. The minimum absolute atomic E-state index is 0.0343. The zero-order chi connectivity index (χ0) is 18.7. The number of nitrogens with zero attached hydrogens (tertiary/aromatic N) is 2. The Morgan fingerprint density at radius 1 is 0.731 bits per heavy atom. The molecule has 2 amide bonds. The van der Waals surface area contributed by atoms with Gasteiger partial charge in [0.25, 0.3) is 0 Å². The highest BCUT2D eigenvalue weighted by molar-refractivity contribution is 5.94. The van der Waals surface area contributed by atoms with Gasteiger partial charge in [-0.3, -0.25) is 0 Å². The molecule has 0 aliphatic carbocycles. The molecule has 0 spiro atoms. The van der Waals surface area contributed by atoms with Crippen LogP contribution in [-0.2, 0) is 22.7 Å². The molecule has 0 bridgehead atoms. The van der Waals surface area contributed by atoms with E-state index in [-0.39, 0.29) is 13.1 Å². The van der Waals surface area contributed by atoms with Crippen LogP contribution < -0.4 is 10.2 Å². The molecule has 0 radical (unpaired) electrons. The van der Waals surface area contributed by atoms with Gasteiger partial charge >= 0.3 is 6.03 Å². The average molecular weight is 352 g/mol. The van der Waals surface area contributed by atoms with Gasteiger partial charge in [0.15, 0.2) is 0 Å². The average Bonchev–Trinajstić information content (AvgIpc) is 2.90. The van der Waals surface area contributed by atoms with Gasteiger partial charge in [-0.15, -0.1) is 0 Å². The molecule has 1 saturated heterocycles. The summed E-state index contributed by atoms with van der Waals surface area (Å²) in [5, 5.41) is 23.3. The molecule has 26 heavy (non-hydrogen) atoms. The van der Waals surface area contributed by atoms with Crippen molar-refractivity contribution < 1.29 is 24.6 Å². The highest BCUT2D eigenvalue weighted by Gasteiger charge is 2.47. The van der Waals surface area contributed by atoms with Crippen LogP contribution >= 0.6 is 0 Å². The Morgan fingerprint density at radius 2 is 1.08 bits per heavy atom. The van der Waals surface area contributed by atoms with Crippen molar-refractivity contribution in [1.29, 1.82) is 0 Å². The Labute approximate surface area is 150 Å². The van der Waals surface area contributed by atoms with Crippen LogP contribution in [0.15, 0.2) is 60.7 Å². The quantitative estimate of drug-likeness (QED) is 0.688. The maximum absolute atomic E-state index is 12.8. The number of urea groups is 1. The Hall–Kier alpha value is -3.35. The summed E-state index contributed by atoms with van der Waals surface area (Å²) in [4.78, 5) is 38.1. The number of rotatable bonds is 6. The van der Waals surface area contributed by atoms with Crippen molar-refractivity contribution in [2.24, 2.45) is 0 Å². The second-order valence-electron chi connectivity index (χ2n) is 6.04. The molecule has 1 fully saturated rings. The summed E-state index contributed by atoms with van der Waals surface area (Å²) in [6.45, 7) is -0.0687. The highest BCUT2D eigenvalue weighted by atomic mass is 16.4. The number of aliphatic carboxylic acids is 2. The number of carbonyl (C=O) groups is 3. The number of benzene rings is 2. The van der Waals surface area contributed by atoms with Crippen molar-refractivity contribution in [2.75, 3.05) is 0 Å². The first-order chi connectivity index (χ1) is 12.5. The summed E-state index contributed by atoms with van der Waals surface area (Å²) in [5.74, 6) is -3.25. The van der Waals surface area contributed by atoms with Crippen LogP contribution in [0.1, 0.15) is 11.1 Å². The molecule has 0 saturated carbocycles. The van der Waals surface area contributed by atoms with Gasteiger partial charge in [-0.1, -0.05) is 60.7 Å². The van der Waals surface area contributed by atoms with Crippen LogP contribution in [0.5, 0.6) is 0 Å². The number of carboxylic acids is 2. The molecule has 7 heteroatoms. The van der Waals surface area contributed by atoms with Crippen LogP contribution in [-0.4, -0.2) is 39.9 Å². The molecule has 3 rings (SSSR count). The van der Waals surface area contributed by atoms with Gasteiger partial charge in [0, 0.05) is 13.1 Å². The zero-order valence-electron chi connectivity index (χ0n) is 13.8. The van der Waals surface area contributed by atoms with E-state index in [2.05, 4.69) is 0 Å². The fourth-order valence-corrected chi connectivity index (χ4v) is 3.15. The molecule has 1 aliphatic rings. The molecule has 7 nitrogen and oxygen atoms in total. The van der Waals surface area contributed by atoms with E-state index in [9.17, 15) is 24.6 Å². The number of hydrogen-bond donors (Lipinski definition) is 0. The monoisotopic (exact) mass is 352 g/mol. The van der Waals surface area contributed by atoms with Gasteiger partial charge < -0.3 is 29.6 Å². The second kappa shape index (κ2) is 7.26. The van der Waals surface area contributed by atoms with Crippen molar-refractivity contribution in [2.45, 2.75) is 25.2 Å². The molecular formula is C19H16N2O5-2. The lowest BCUT2D eigenvalue weighted by Gasteiger charge is -2.29. The third-order valence-electron chi connectivity index (χ3n) is 4.34. The van der Waals surface area contributed by atoms with Crippen molar-refractivity contribution >= 4 is 18.0 Å². The van der Waals surface area contributed by atoms with Crippen LogP contribution in [0.25, 0.3) is 0 Å². The standard InChI is InChI=1S/C19H18N2O5/c22-17(23)15-16(18(24)25)21(12-14-9-5-2-6-10-14)19(26)20(15)11-13-7-3-1-4-8-13/h1-10,15-16H,11-12H2,(H,22,23)(H,24,25)/p-2/t15-,16+. The van der Waals surface area contributed by atoms with E-state index in [1.54, 1.807) is 60.7 Å². The third-order valence-corrected chi connectivity index (χ3v) is 4.34. The Morgan fingerprint density at radius 3 is 1.38 bits per heavy atom. The largest absolute Gasteiger partial charge is 0.548 e. The predicted octanol–water partition coefficient (Wildman–Crippen LogP) is -0.639. The first kappa shape index (κ1) is 17.5. The fourth-order valence-electron chi connectivity index (χ4n) is 3.15. The number of carbonyl (C=O) groups excluding carboxylic acids is 3. The highest BCUT2D eigenvalue weighted by Crippen LogP contribution is 2.27. The Bertz CT molecular complexity index is 742. The summed E-state index contributed by atoms with van der Waals surface area (Å²) < 4.78 is 0.